The van der Waals surface area contributed by atoms with Crippen LogP contribution in [0.25, 0.3) is 0 Å². The van der Waals surface area contributed by atoms with Crippen LogP contribution in [-0.4, -0.2) is 50.5 Å². The molecular formula is C15H21N3O3S. The van der Waals surface area contributed by atoms with Crippen LogP contribution in [0.5, 0.6) is 0 Å². The van der Waals surface area contributed by atoms with Crippen molar-refractivity contribution in [1.29, 1.82) is 0 Å². The lowest BCUT2D eigenvalue weighted by Crippen LogP contribution is -2.48. The zero-order valence-electron chi connectivity index (χ0n) is 12.9. The number of nitrogens with zero attached hydrogens (tertiary/aromatic N) is 3. The Morgan fingerprint density at radius 1 is 1.45 bits per heavy atom. The highest BCUT2D eigenvalue weighted by Gasteiger charge is 2.49. The lowest BCUT2D eigenvalue weighted by Gasteiger charge is -2.30. The topological polar surface area (TPSA) is 73.7 Å². The zero-order valence-corrected chi connectivity index (χ0v) is 13.7. The largest absolute Gasteiger partial charge is 0.390 e. The Hall–Kier alpha value is -1.47. The molecule has 2 aliphatic rings. The summed E-state index contributed by atoms with van der Waals surface area (Å²) in [6.07, 6.45) is 3.22. The van der Waals surface area contributed by atoms with E-state index in [0.717, 1.165) is 22.7 Å². The van der Waals surface area contributed by atoms with Crippen molar-refractivity contribution >= 4 is 23.3 Å². The van der Waals surface area contributed by atoms with Crippen LogP contribution in [0.3, 0.4) is 0 Å². The summed E-state index contributed by atoms with van der Waals surface area (Å²) in [5.74, 6) is 0.245. The summed E-state index contributed by atoms with van der Waals surface area (Å²) < 4.78 is 0. The minimum Gasteiger partial charge on any atom is -0.390 e. The SMILES string of the molecule is CC(C)Cc1ncc(CN2C(=O)C3C(O)CCCN3C2=O)s1. The van der Waals surface area contributed by atoms with Gasteiger partial charge in [-0.15, -0.1) is 11.3 Å². The Labute approximate surface area is 133 Å². The minimum absolute atomic E-state index is 0.257. The minimum atomic E-state index is -0.742. The maximum atomic E-state index is 12.4. The van der Waals surface area contributed by atoms with Gasteiger partial charge in [0.25, 0.3) is 5.91 Å². The van der Waals surface area contributed by atoms with Gasteiger partial charge in [-0.05, 0) is 18.8 Å². The number of imide groups is 1. The molecule has 0 aromatic carbocycles. The smallest absolute Gasteiger partial charge is 0.327 e. The summed E-state index contributed by atoms with van der Waals surface area (Å²) in [5, 5.41) is 11.0. The maximum Gasteiger partial charge on any atom is 0.327 e. The van der Waals surface area contributed by atoms with Gasteiger partial charge in [-0.1, -0.05) is 13.8 Å². The van der Waals surface area contributed by atoms with Crippen LogP contribution in [0.2, 0.25) is 0 Å². The molecule has 6 nitrogen and oxygen atoms in total. The maximum absolute atomic E-state index is 12.4. The molecule has 3 amide bonds. The molecule has 0 bridgehead atoms. The zero-order chi connectivity index (χ0) is 15.9. The summed E-state index contributed by atoms with van der Waals surface area (Å²) in [4.78, 5) is 32.9. The molecule has 1 aromatic rings. The number of carbonyl (C=O) groups is 2. The molecule has 2 unspecified atom stereocenters. The molecule has 2 atom stereocenters. The molecule has 2 fully saturated rings. The van der Waals surface area contributed by atoms with Crippen LogP contribution in [0.1, 0.15) is 36.6 Å². The Kier molecular flexibility index (Phi) is 4.18. The fourth-order valence-electron chi connectivity index (χ4n) is 3.06. The number of amides is 3. The van der Waals surface area contributed by atoms with Crippen molar-refractivity contribution in [2.45, 2.75) is 51.8 Å². The number of rotatable bonds is 4. The highest BCUT2D eigenvalue weighted by atomic mass is 32.1. The van der Waals surface area contributed by atoms with E-state index < -0.39 is 12.1 Å². The molecule has 1 N–H and O–H groups in total. The number of piperidine rings is 1. The van der Waals surface area contributed by atoms with Crippen molar-refractivity contribution in [2.75, 3.05) is 6.54 Å². The molecule has 2 saturated heterocycles. The number of hydrogen-bond donors (Lipinski definition) is 1. The number of aliphatic hydroxyl groups is 1. The average molecular weight is 323 g/mol. The summed E-state index contributed by atoms with van der Waals surface area (Å²) in [5.41, 5.74) is 0. The fraction of sp³-hybridized carbons (Fsp3) is 0.667. The fourth-order valence-corrected chi connectivity index (χ4v) is 4.19. The van der Waals surface area contributed by atoms with Gasteiger partial charge < -0.3 is 10.0 Å². The molecule has 3 rings (SSSR count). The molecule has 0 aliphatic carbocycles. The lowest BCUT2D eigenvalue weighted by molar-refractivity contribution is -0.132. The Morgan fingerprint density at radius 2 is 2.23 bits per heavy atom. The van der Waals surface area contributed by atoms with E-state index >= 15 is 0 Å². The van der Waals surface area contributed by atoms with Crippen molar-refractivity contribution in [3.8, 4) is 0 Å². The molecule has 3 heterocycles. The number of thiazole rings is 1. The van der Waals surface area contributed by atoms with Gasteiger partial charge in [0.05, 0.1) is 17.7 Å². The van der Waals surface area contributed by atoms with Gasteiger partial charge >= 0.3 is 6.03 Å². The third-order valence-electron chi connectivity index (χ3n) is 4.09. The van der Waals surface area contributed by atoms with E-state index in [4.69, 9.17) is 0 Å². The number of hydrogen-bond acceptors (Lipinski definition) is 5. The summed E-state index contributed by atoms with van der Waals surface area (Å²) in [6.45, 7) is 5.07. The predicted octanol–water partition coefficient (Wildman–Crippen LogP) is 1.63. The monoisotopic (exact) mass is 323 g/mol. The molecule has 120 valence electrons. The Bertz CT molecular complexity index is 586. The van der Waals surface area contributed by atoms with Crippen molar-refractivity contribution in [2.24, 2.45) is 5.92 Å². The van der Waals surface area contributed by atoms with E-state index in [-0.39, 0.29) is 18.5 Å². The van der Waals surface area contributed by atoms with E-state index in [1.165, 1.54) is 9.80 Å². The molecule has 22 heavy (non-hydrogen) atoms. The summed E-state index contributed by atoms with van der Waals surface area (Å²) in [6, 6.07) is -0.975. The number of carbonyl (C=O) groups excluding carboxylic acids is 2. The van der Waals surface area contributed by atoms with Crippen molar-refractivity contribution in [3.63, 3.8) is 0 Å². The first-order valence-corrected chi connectivity index (χ1v) is 8.52. The summed E-state index contributed by atoms with van der Waals surface area (Å²) in [7, 11) is 0. The average Bonchev–Trinajstić information content (AvgIpc) is 2.98. The van der Waals surface area contributed by atoms with Gasteiger partial charge in [-0.2, -0.15) is 0 Å². The van der Waals surface area contributed by atoms with E-state index in [1.54, 1.807) is 17.5 Å². The van der Waals surface area contributed by atoms with Gasteiger partial charge in [-0.25, -0.2) is 9.78 Å². The van der Waals surface area contributed by atoms with Gasteiger partial charge in [-0.3, -0.25) is 9.69 Å². The number of aliphatic hydroxyl groups excluding tert-OH is 1. The molecule has 7 heteroatoms. The van der Waals surface area contributed by atoms with Gasteiger partial charge in [0.2, 0.25) is 0 Å². The highest BCUT2D eigenvalue weighted by molar-refractivity contribution is 7.11. The van der Waals surface area contributed by atoms with Crippen molar-refractivity contribution in [1.82, 2.24) is 14.8 Å². The first-order valence-electron chi connectivity index (χ1n) is 7.71. The van der Waals surface area contributed by atoms with Crippen LogP contribution in [0, 0.1) is 5.92 Å². The van der Waals surface area contributed by atoms with E-state index in [1.807, 2.05) is 0 Å². The Morgan fingerprint density at radius 3 is 2.91 bits per heavy atom. The summed E-state index contributed by atoms with van der Waals surface area (Å²) >= 11 is 1.55. The number of fused-ring (bicyclic) bond motifs is 1. The van der Waals surface area contributed by atoms with Crippen molar-refractivity contribution < 1.29 is 14.7 Å². The molecule has 0 radical (unpaired) electrons. The second kappa shape index (κ2) is 5.96. The Balaban J connectivity index is 1.73. The molecular weight excluding hydrogens is 302 g/mol. The van der Waals surface area contributed by atoms with E-state index in [2.05, 4.69) is 18.8 Å². The second-order valence-corrected chi connectivity index (χ2v) is 7.57. The van der Waals surface area contributed by atoms with Crippen LogP contribution in [0.4, 0.5) is 4.79 Å². The molecule has 1 aromatic heterocycles. The van der Waals surface area contributed by atoms with Crippen LogP contribution in [-0.2, 0) is 17.8 Å². The van der Waals surface area contributed by atoms with Crippen LogP contribution >= 0.6 is 11.3 Å². The van der Waals surface area contributed by atoms with Gasteiger partial charge in [0, 0.05) is 24.0 Å². The van der Waals surface area contributed by atoms with Crippen molar-refractivity contribution in [3.05, 3.63) is 16.1 Å². The van der Waals surface area contributed by atoms with E-state index in [9.17, 15) is 14.7 Å². The van der Waals surface area contributed by atoms with Gasteiger partial charge in [0.15, 0.2) is 0 Å². The lowest BCUT2D eigenvalue weighted by atomic mass is 10.0. The number of aromatic nitrogens is 1. The molecule has 2 aliphatic heterocycles. The molecule has 0 spiro atoms. The van der Waals surface area contributed by atoms with Gasteiger partial charge in [0.1, 0.15) is 6.04 Å². The van der Waals surface area contributed by atoms with E-state index in [0.29, 0.717) is 18.9 Å². The number of urea groups is 1. The predicted molar refractivity (Wildman–Crippen MR) is 82.3 cm³/mol. The first kappa shape index (κ1) is 15.4. The highest BCUT2D eigenvalue weighted by Crippen LogP contribution is 2.29. The third kappa shape index (κ3) is 2.75. The quantitative estimate of drug-likeness (QED) is 0.855. The second-order valence-electron chi connectivity index (χ2n) is 6.37. The van der Waals surface area contributed by atoms with Crippen LogP contribution in [0.15, 0.2) is 6.20 Å². The normalized spacial score (nSPS) is 25.3. The first-order chi connectivity index (χ1) is 10.5. The molecule has 0 saturated carbocycles. The third-order valence-corrected chi connectivity index (χ3v) is 5.10. The van der Waals surface area contributed by atoms with Crippen LogP contribution < -0.4 is 0 Å². The standard InChI is InChI=1S/C15H21N3O3S/c1-9(2)6-12-16-7-10(22-12)8-18-14(20)13-11(19)4-3-5-17(13)15(18)21/h7,9,11,13,19H,3-6,8H2,1-2H3.